The van der Waals surface area contributed by atoms with Crippen LogP contribution in [0.15, 0.2) is 72.9 Å². The number of ether oxygens (including phenoxy) is 1. The lowest BCUT2D eigenvalue weighted by Crippen LogP contribution is -2.08. The van der Waals surface area contributed by atoms with Crippen molar-refractivity contribution in [3.8, 4) is 23.3 Å². The summed E-state index contributed by atoms with van der Waals surface area (Å²) in [6.07, 6.45) is 2.31. The summed E-state index contributed by atoms with van der Waals surface area (Å²) in [5, 5.41) is 17.5. The van der Waals surface area contributed by atoms with Crippen molar-refractivity contribution in [1.82, 2.24) is 14.8 Å². The molecule has 3 aromatic carbocycles. The number of carbonyl (C=O) groups excluding carboxylic acids is 2. The number of ketones is 1. The van der Waals surface area contributed by atoms with Crippen molar-refractivity contribution < 1.29 is 14.3 Å². The lowest BCUT2D eigenvalue weighted by atomic mass is 10.1. The number of anilines is 1. The zero-order valence-corrected chi connectivity index (χ0v) is 19.6. The van der Waals surface area contributed by atoms with Gasteiger partial charge in [0, 0.05) is 23.5 Å². The molecule has 0 fully saturated rings. The summed E-state index contributed by atoms with van der Waals surface area (Å²) >= 11 is 0. The number of nitrogens with one attached hydrogen (secondary N) is 2. The zero-order chi connectivity index (χ0) is 25.2. The number of aryl methyl sites for hydroxylation is 1. The Labute approximate surface area is 206 Å². The molecule has 8 heteroatoms. The largest absolute Gasteiger partial charge is 0.457 e. The molecule has 0 aliphatic carbocycles. The predicted octanol–water partition coefficient (Wildman–Crippen LogP) is 5.41. The van der Waals surface area contributed by atoms with Crippen molar-refractivity contribution in [2.45, 2.75) is 6.92 Å². The maximum atomic E-state index is 13.4. The minimum Gasteiger partial charge on any atom is -0.457 e. The number of aldehydes is 1. The summed E-state index contributed by atoms with van der Waals surface area (Å²) in [4.78, 5) is 27.6. The van der Waals surface area contributed by atoms with Crippen molar-refractivity contribution in [3.63, 3.8) is 0 Å². The lowest BCUT2D eigenvalue weighted by molar-refractivity contribution is 0.103. The highest BCUT2D eigenvalue weighted by Gasteiger charge is 2.21. The van der Waals surface area contributed by atoms with Gasteiger partial charge in [0.15, 0.2) is 0 Å². The van der Waals surface area contributed by atoms with E-state index >= 15 is 0 Å². The standard InChI is InChI=1S/C28H21N5O3/c1-17-10-22(36-21-5-3-4-18(12-21)14-29)7-9-26(17)33-28(30-2)23(15-31-33)27(35)25-13-20-11-19(16-34)6-8-24(20)32-25/h3-13,15-16,30,32H,1-2H3. The van der Waals surface area contributed by atoms with E-state index < -0.39 is 0 Å². The predicted molar refractivity (Wildman–Crippen MR) is 136 cm³/mol. The first kappa shape index (κ1) is 22.6. The third-order valence-electron chi connectivity index (χ3n) is 5.87. The number of hydrogen-bond acceptors (Lipinski definition) is 6. The Hall–Kier alpha value is -5.16. The van der Waals surface area contributed by atoms with Gasteiger partial charge in [0.05, 0.1) is 34.8 Å². The minimum atomic E-state index is -0.218. The highest BCUT2D eigenvalue weighted by molar-refractivity contribution is 6.13. The van der Waals surface area contributed by atoms with Crippen LogP contribution in [0.2, 0.25) is 0 Å². The summed E-state index contributed by atoms with van der Waals surface area (Å²) in [6, 6.07) is 21.6. The maximum Gasteiger partial charge on any atom is 0.214 e. The molecule has 0 saturated heterocycles. The summed E-state index contributed by atoms with van der Waals surface area (Å²) in [7, 11) is 1.74. The van der Waals surface area contributed by atoms with E-state index in [1.807, 2.05) is 25.1 Å². The molecule has 0 unspecified atom stereocenters. The Morgan fingerprint density at radius 1 is 1.11 bits per heavy atom. The van der Waals surface area contributed by atoms with Crippen LogP contribution in [0.3, 0.4) is 0 Å². The number of benzene rings is 3. The molecule has 0 amide bonds. The molecular weight excluding hydrogens is 454 g/mol. The maximum absolute atomic E-state index is 13.4. The van der Waals surface area contributed by atoms with Crippen LogP contribution in [0.25, 0.3) is 16.6 Å². The topological polar surface area (TPSA) is 113 Å². The van der Waals surface area contributed by atoms with Crippen molar-refractivity contribution >= 4 is 28.8 Å². The third kappa shape index (κ3) is 4.10. The van der Waals surface area contributed by atoms with Crippen LogP contribution in [0.1, 0.15) is 37.5 Å². The quantitative estimate of drug-likeness (QED) is 0.240. The van der Waals surface area contributed by atoms with E-state index in [2.05, 4.69) is 21.5 Å². The average molecular weight is 476 g/mol. The van der Waals surface area contributed by atoms with Crippen molar-refractivity contribution in [3.05, 3.63) is 101 Å². The van der Waals surface area contributed by atoms with Gasteiger partial charge in [0.1, 0.15) is 23.6 Å². The number of nitriles is 1. The molecule has 5 rings (SSSR count). The van der Waals surface area contributed by atoms with Crippen LogP contribution in [0.5, 0.6) is 11.5 Å². The average Bonchev–Trinajstić information content (AvgIpc) is 3.52. The molecule has 0 aliphatic heterocycles. The molecule has 176 valence electrons. The number of aromatic amines is 1. The smallest absolute Gasteiger partial charge is 0.214 e. The molecule has 0 spiro atoms. The summed E-state index contributed by atoms with van der Waals surface area (Å²) < 4.78 is 7.60. The Kier molecular flexibility index (Phi) is 5.80. The summed E-state index contributed by atoms with van der Waals surface area (Å²) in [5.74, 6) is 1.52. The molecule has 0 radical (unpaired) electrons. The second kappa shape index (κ2) is 9.24. The Bertz CT molecular complexity index is 1670. The van der Waals surface area contributed by atoms with Crippen LogP contribution in [0.4, 0.5) is 5.82 Å². The van der Waals surface area contributed by atoms with Crippen LogP contribution >= 0.6 is 0 Å². The fourth-order valence-electron chi connectivity index (χ4n) is 4.12. The molecule has 2 aromatic heterocycles. The fraction of sp³-hybridized carbons (Fsp3) is 0.0714. The van der Waals surface area contributed by atoms with Gasteiger partial charge >= 0.3 is 0 Å². The highest BCUT2D eigenvalue weighted by Crippen LogP contribution is 2.29. The molecule has 0 aliphatic rings. The molecule has 0 atom stereocenters. The zero-order valence-electron chi connectivity index (χ0n) is 19.6. The van der Waals surface area contributed by atoms with Gasteiger partial charge < -0.3 is 15.0 Å². The van der Waals surface area contributed by atoms with Gasteiger partial charge in [-0.05, 0) is 73.2 Å². The second-order valence-electron chi connectivity index (χ2n) is 8.24. The molecule has 0 saturated carbocycles. The second-order valence-corrected chi connectivity index (χ2v) is 8.24. The van der Waals surface area contributed by atoms with Crippen molar-refractivity contribution in [2.75, 3.05) is 12.4 Å². The first-order chi connectivity index (χ1) is 17.5. The van der Waals surface area contributed by atoms with E-state index in [1.54, 1.807) is 60.3 Å². The van der Waals surface area contributed by atoms with E-state index in [0.717, 1.165) is 28.4 Å². The molecule has 2 heterocycles. The number of fused-ring (bicyclic) bond motifs is 1. The van der Waals surface area contributed by atoms with E-state index in [4.69, 9.17) is 10.00 Å². The van der Waals surface area contributed by atoms with Gasteiger partial charge in [0.2, 0.25) is 5.78 Å². The number of aromatic nitrogens is 3. The normalized spacial score (nSPS) is 10.7. The fourth-order valence-corrected chi connectivity index (χ4v) is 4.12. The van der Waals surface area contributed by atoms with Crippen LogP contribution in [-0.4, -0.2) is 33.9 Å². The van der Waals surface area contributed by atoms with Gasteiger partial charge in [0.25, 0.3) is 0 Å². The van der Waals surface area contributed by atoms with E-state index in [0.29, 0.717) is 39.7 Å². The molecule has 5 aromatic rings. The molecular formula is C28H21N5O3. The number of H-pyrrole nitrogens is 1. The van der Waals surface area contributed by atoms with Crippen LogP contribution in [0, 0.1) is 18.3 Å². The molecule has 0 bridgehead atoms. The van der Waals surface area contributed by atoms with Crippen molar-refractivity contribution in [1.29, 1.82) is 5.26 Å². The van der Waals surface area contributed by atoms with Crippen LogP contribution in [-0.2, 0) is 0 Å². The number of nitrogens with zero attached hydrogens (tertiary/aromatic N) is 3. The van der Waals surface area contributed by atoms with Gasteiger partial charge in [-0.2, -0.15) is 10.4 Å². The number of hydrogen-bond donors (Lipinski definition) is 2. The minimum absolute atomic E-state index is 0.218. The molecule has 8 nitrogen and oxygen atoms in total. The Morgan fingerprint density at radius 3 is 2.69 bits per heavy atom. The van der Waals surface area contributed by atoms with Crippen LogP contribution < -0.4 is 10.1 Å². The van der Waals surface area contributed by atoms with E-state index in [9.17, 15) is 9.59 Å². The van der Waals surface area contributed by atoms with E-state index in [1.165, 1.54) is 6.20 Å². The first-order valence-electron chi connectivity index (χ1n) is 11.2. The van der Waals surface area contributed by atoms with Gasteiger partial charge in [-0.15, -0.1) is 0 Å². The SMILES string of the molecule is CNc1c(C(=O)c2cc3cc(C=O)ccc3[nH]2)cnn1-c1ccc(Oc2cccc(C#N)c2)cc1C. The van der Waals surface area contributed by atoms with E-state index in [-0.39, 0.29) is 5.78 Å². The monoisotopic (exact) mass is 475 g/mol. The van der Waals surface area contributed by atoms with Crippen molar-refractivity contribution in [2.24, 2.45) is 0 Å². The van der Waals surface area contributed by atoms with Gasteiger partial charge in [-0.1, -0.05) is 6.07 Å². The summed E-state index contributed by atoms with van der Waals surface area (Å²) in [6.45, 7) is 1.93. The highest BCUT2D eigenvalue weighted by atomic mass is 16.5. The first-order valence-corrected chi connectivity index (χ1v) is 11.2. The third-order valence-corrected chi connectivity index (χ3v) is 5.87. The Morgan fingerprint density at radius 2 is 1.94 bits per heavy atom. The lowest BCUT2D eigenvalue weighted by Gasteiger charge is -2.13. The summed E-state index contributed by atoms with van der Waals surface area (Å²) in [5.41, 5.74) is 4.32. The van der Waals surface area contributed by atoms with Gasteiger partial charge in [-0.25, -0.2) is 4.68 Å². The number of rotatable bonds is 7. The number of carbonyl (C=O) groups is 2. The Balaban J connectivity index is 1.45. The molecule has 36 heavy (non-hydrogen) atoms. The van der Waals surface area contributed by atoms with Gasteiger partial charge in [-0.3, -0.25) is 9.59 Å². The molecule has 2 N–H and O–H groups in total.